The molecule has 0 aliphatic carbocycles. The molecule has 2 N–H and O–H groups in total. The number of aliphatic imine (C=N–C) groups is 1. The Hall–Kier alpha value is -1.28. The maximum atomic E-state index is 6.14. The van der Waals surface area contributed by atoms with E-state index in [1.54, 1.807) is 0 Å². The van der Waals surface area contributed by atoms with Crippen molar-refractivity contribution in [1.82, 2.24) is 15.8 Å². The largest absolute Gasteiger partial charge is 0.359 e. The van der Waals surface area contributed by atoms with Crippen LogP contribution < -0.4 is 10.6 Å². The monoisotopic (exact) mass is 448 g/mol. The Morgan fingerprint density at radius 3 is 2.70 bits per heavy atom. The highest BCUT2D eigenvalue weighted by molar-refractivity contribution is 14.0. The molecule has 5 nitrogen and oxygen atoms in total. The van der Waals surface area contributed by atoms with E-state index in [1.165, 1.54) is 0 Å². The SMILES string of the molecule is CCNC(=NCc1ccccc1Cl)NCc1cc(CC)no1.I. The van der Waals surface area contributed by atoms with E-state index in [1.807, 2.05) is 44.2 Å². The van der Waals surface area contributed by atoms with Gasteiger partial charge in [-0.25, -0.2) is 4.99 Å². The van der Waals surface area contributed by atoms with E-state index in [0.717, 1.165) is 41.0 Å². The van der Waals surface area contributed by atoms with Crippen molar-refractivity contribution in [2.24, 2.45) is 4.99 Å². The smallest absolute Gasteiger partial charge is 0.191 e. The van der Waals surface area contributed by atoms with Crippen molar-refractivity contribution < 1.29 is 4.52 Å². The quantitative estimate of drug-likeness (QED) is 0.401. The van der Waals surface area contributed by atoms with E-state index in [0.29, 0.717) is 13.1 Å². The van der Waals surface area contributed by atoms with Crippen LogP contribution in [0.15, 0.2) is 39.8 Å². The molecule has 1 heterocycles. The van der Waals surface area contributed by atoms with Crippen molar-refractivity contribution in [3.05, 3.63) is 52.4 Å². The average molecular weight is 449 g/mol. The number of halogens is 2. The van der Waals surface area contributed by atoms with Crippen molar-refractivity contribution >= 4 is 41.5 Å². The van der Waals surface area contributed by atoms with Crippen LogP contribution in [0.25, 0.3) is 0 Å². The van der Waals surface area contributed by atoms with Gasteiger partial charge in [0, 0.05) is 17.6 Å². The van der Waals surface area contributed by atoms with Crippen molar-refractivity contribution in [2.45, 2.75) is 33.4 Å². The second-order valence-electron chi connectivity index (χ2n) is 4.78. The molecule has 0 spiro atoms. The van der Waals surface area contributed by atoms with Gasteiger partial charge in [0.2, 0.25) is 0 Å². The summed E-state index contributed by atoms with van der Waals surface area (Å²) in [6.07, 6.45) is 0.865. The van der Waals surface area contributed by atoms with Gasteiger partial charge in [-0.15, -0.1) is 24.0 Å². The van der Waals surface area contributed by atoms with Crippen LogP contribution in [0.5, 0.6) is 0 Å². The van der Waals surface area contributed by atoms with E-state index in [9.17, 15) is 0 Å². The number of nitrogens with zero attached hydrogens (tertiary/aromatic N) is 2. The van der Waals surface area contributed by atoms with Crippen molar-refractivity contribution in [3.63, 3.8) is 0 Å². The molecule has 0 radical (unpaired) electrons. The van der Waals surface area contributed by atoms with Crippen LogP contribution in [0, 0.1) is 0 Å². The van der Waals surface area contributed by atoms with Crippen LogP contribution in [0.2, 0.25) is 5.02 Å². The lowest BCUT2D eigenvalue weighted by Crippen LogP contribution is -2.36. The summed E-state index contributed by atoms with van der Waals surface area (Å²) in [5.74, 6) is 1.51. The molecule has 0 aliphatic heterocycles. The highest BCUT2D eigenvalue weighted by Gasteiger charge is 2.04. The molecule has 126 valence electrons. The normalized spacial score (nSPS) is 11.0. The molecule has 2 rings (SSSR count). The minimum Gasteiger partial charge on any atom is -0.359 e. The van der Waals surface area contributed by atoms with E-state index < -0.39 is 0 Å². The topological polar surface area (TPSA) is 62.5 Å². The van der Waals surface area contributed by atoms with Crippen LogP contribution in [-0.2, 0) is 19.5 Å². The third-order valence-electron chi connectivity index (χ3n) is 3.11. The van der Waals surface area contributed by atoms with Crippen LogP contribution in [-0.4, -0.2) is 17.7 Å². The Kier molecular flexibility index (Phi) is 9.01. The molecule has 1 aromatic heterocycles. The molecule has 0 fully saturated rings. The fraction of sp³-hybridized carbons (Fsp3) is 0.375. The first-order valence-electron chi connectivity index (χ1n) is 7.43. The summed E-state index contributed by atoms with van der Waals surface area (Å²) in [7, 11) is 0. The Balaban J connectivity index is 0.00000264. The number of benzene rings is 1. The maximum absolute atomic E-state index is 6.14. The lowest BCUT2D eigenvalue weighted by Gasteiger charge is -2.10. The van der Waals surface area contributed by atoms with Gasteiger partial charge in [0.05, 0.1) is 18.8 Å². The van der Waals surface area contributed by atoms with Gasteiger partial charge in [0.15, 0.2) is 11.7 Å². The lowest BCUT2D eigenvalue weighted by atomic mass is 10.2. The number of nitrogens with one attached hydrogen (secondary N) is 2. The predicted molar refractivity (Wildman–Crippen MR) is 104 cm³/mol. The Bertz CT molecular complexity index is 630. The van der Waals surface area contributed by atoms with E-state index >= 15 is 0 Å². The van der Waals surface area contributed by atoms with Crippen LogP contribution in [0.3, 0.4) is 0 Å². The molecule has 23 heavy (non-hydrogen) atoms. The summed E-state index contributed by atoms with van der Waals surface area (Å²) in [6, 6.07) is 9.66. The third kappa shape index (κ3) is 6.39. The molecule has 1 aromatic carbocycles. The second-order valence-corrected chi connectivity index (χ2v) is 5.19. The first-order valence-corrected chi connectivity index (χ1v) is 7.80. The molecular weight excluding hydrogens is 427 g/mol. The minimum atomic E-state index is 0. The van der Waals surface area contributed by atoms with Gasteiger partial charge >= 0.3 is 0 Å². The maximum Gasteiger partial charge on any atom is 0.191 e. The van der Waals surface area contributed by atoms with Gasteiger partial charge in [0.1, 0.15) is 0 Å². The zero-order valence-electron chi connectivity index (χ0n) is 13.3. The van der Waals surface area contributed by atoms with E-state index in [4.69, 9.17) is 16.1 Å². The van der Waals surface area contributed by atoms with Crippen LogP contribution in [0.4, 0.5) is 0 Å². The molecule has 0 unspecified atom stereocenters. The Labute approximate surface area is 158 Å². The third-order valence-corrected chi connectivity index (χ3v) is 3.48. The number of guanidine groups is 1. The highest BCUT2D eigenvalue weighted by Crippen LogP contribution is 2.15. The Morgan fingerprint density at radius 1 is 1.26 bits per heavy atom. The zero-order valence-corrected chi connectivity index (χ0v) is 16.4. The summed E-state index contributed by atoms with van der Waals surface area (Å²) in [4.78, 5) is 4.53. The summed E-state index contributed by atoms with van der Waals surface area (Å²) in [5.41, 5.74) is 1.95. The minimum absolute atomic E-state index is 0. The molecule has 2 aromatic rings. The molecule has 0 aliphatic rings. The van der Waals surface area contributed by atoms with Gasteiger partial charge in [-0.2, -0.15) is 0 Å². The summed E-state index contributed by atoms with van der Waals surface area (Å²) < 4.78 is 5.25. The Morgan fingerprint density at radius 2 is 2.04 bits per heavy atom. The molecule has 0 bridgehead atoms. The first kappa shape index (κ1) is 19.8. The number of rotatable bonds is 6. The predicted octanol–water partition coefficient (Wildman–Crippen LogP) is 3.76. The van der Waals surface area contributed by atoms with Gasteiger partial charge in [-0.05, 0) is 25.0 Å². The summed E-state index contributed by atoms with van der Waals surface area (Å²) >= 11 is 6.14. The van der Waals surface area contributed by atoms with E-state index in [2.05, 4.69) is 20.8 Å². The molecule has 7 heteroatoms. The molecule has 0 saturated heterocycles. The second kappa shape index (κ2) is 10.5. The van der Waals surface area contributed by atoms with Gasteiger partial charge in [0.25, 0.3) is 0 Å². The van der Waals surface area contributed by atoms with Gasteiger partial charge in [-0.1, -0.05) is 41.9 Å². The fourth-order valence-electron chi connectivity index (χ4n) is 1.91. The molecule has 0 saturated carbocycles. The van der Waals surface area contributed by atoms with Crippen molar-refractivity contribution in [1.29, 1.82) is 0 Å². The number of aryl methyl sites for hydroxylation is 1. The molecule has 0 atom stereocenters. The zero-order chi connectivity index (χ0) is 15.8. The van der Waals surface area contributed by atoms with Crippen molar-refractivity contribution in [3.8, 4) is 0 Å². The summed E-state index contributed by atoms with van der Waals surface area (Å²) in [6.45, 7) is 5.92. The molecule has 0 amide bonds. The first-order chi connectivity index (χ1) is 10.7. The van der Waals surface area contributed by atoms with Crippen molar-refractivity contribution in [2.75, 3.05) is 6.54 Å². The highest BCUT2D eigenvalue weighted by atomic mass is 127. The lowest BCUT2D eigenvalue weighted by molar-refractivity contribution is 0.374. The number of hydrogen-bond acceptors (Lipinski definition) is 3. The van der Waals surface area contributed by atoms with Crippen LogP contribution in [0.1, 0.15) is 30.9 Å². The summed E-state index contributed by atoms with van der Waals surface area (Å²) in [5, 5.41) is 11.1. The number of hydrogen-bond donors (Lipinski definition) is 2. The van der Waals surface area contributed by atoms with Gasteiger partial charge < -0.3 is 15.2 Å². The standard InChI is InChI=1S/C16H21ClN4O.HI/c1-3-13-9-14(22-21-13)11-20-16(18-4-2)19-10-12-7-5-6-8-15(12)17;/h5-9H,3-4,10-11H2,1-2H3,(H2,18,19,20);1H. The average Bonchev–Trinajstić information content (AvgIpc) is 2.99. The fourth-order valence-corrected chi connectivity index (χ4v) is 2.10. The van der Waals surface area contributed by atoms with E-state index in [-0.39, 0.29) is 24.0 Å². The van der Waals surface area contributed by atoms with Gasteiger partial charge in [-0.3, -0.25) is 0 Å². The molecular formula is C16H22ClIN4O. The van der Waals surface area contributed by atoms with Crippen LogP contribution >= 0.6 is 35.6 Å². The number of aromatic nitrogens is 1.